The second kappa shape index (κ2) is 4.53. The molecular weight excluding hydrogens is 208 g/mol. The van der Waals surface area contributed by atoms with Crippen LogP contribution in [0.15, 0.2) is 24.3 Å². The summed E-state index contributed by atoms with van der Waals surface area (Å²) in [5, 5.41) is 9.71. The van der Waals surface area contributed by atoms with Crippen LogP contribution < -0.4 is 4.74 Å². The Kier molecular flexibility index (Phi) is 3.10. The fourth-order valence-electron chi connectivity index (χ4n) is 1.87. The summed E-state index contributed by atoms with van der Waals surface area (Å²) in [5.41, 5.74) is 1.02. The van der Waals surface area contributed by atoms with Crippen LogP contribution in [0.5, 0.6) is 5.75 Å². The zero-order valence-electron chi connectivity index (χ0n) is 9.05. The van der Waals surface area contributed by atoms with Crippen LogP contribution in [-0.4, -0.2) is 30.9 Å². The Bertz CT molecular complexity index is 388. The van der Waals surface area contributed by atoms with Gasteiger partial charge in [-0.1, -0.05) is 18.2 Å². The Morgan fingerprint density at radius 1 is 1.56 bits per heavy atom. The first-order chi connectivity index (χ1) is 7.72. The number of methoxy groups -OCH3 is 1. The molecule has 0 radical (unpaired) electrons. The van der Waals surface area contributed by atoms with Crippen molar-refractivity contribution in [3.05, 3.63) is 29.8 Å². The lowest BCUT2D eigenvalue weighted by Crippen LogP contribution is -2.37. The summed E-state index contributed by atoms with van der Waals surface area (Å²) in [6.45, 7) is 0.341. The largest absolute Gasteiger partial charge is 0.493 e. The normalized spacial score (nSPS) is 20.5. The van der Waals surface area contributed by atoms with E-state index in [9.17, 15) is 9.90 Å². The topological polar surface area (TPSA) is 55.8 Å². The molecule has 1 aliphatic rings. The third-order valence-electron chi connectivity index (χ3n) is 2.80. The minimum Gasteiger partial charge on any atom is -0.493 e. The summed E-state index contributed by atoms with van der Waals surface area (Å²) < 4.78 is 9.99. The van der Waals surface area contributed by atoms with Gasteiger partial charge in [0.05, 0.1) is 13.7 Å². The molecule has 2 atom stereocenters. The van der Waals surface area contributed by atoms with E-state index in [-0.39, 0.29) is 5.92 Å². The van der Waals surface area contributed by atoms with Gasteiger partial charge in [0.15, 0.2) is 6.10 Å². The van der Waals surface area contributed by atoms with Crippen molar-refractivity contribution in [3.63, 3.8) is 0 Å². The fraction of sp³-hybridized carbons (Fsp3) is 0.417. The van der Waals surface area contributed by atoms with Gasteiger partial charge in [-0.2, -0.15) is 0 Å². The molecule has 0 saturated heterocycles. The number of carbonyl (C=O) groups excluding carboxylic acids is 1. The first-order valence-corrected chi connectivity index (χ1v) is 5.19. The minimum absolute atomic E-state index is 0.234. The van der Waals surface area contributed by atoms with Crippen LogP contribution in [0.2, 0.25) is 0 Å². The van der Waals surface area contributed by atoms with Gasteiger partial charge >= 0.3 is 5.97 Å². The molecule has 1 aromatic carbocycles. The number of carbonyl (C=O) groups is 1. The zero-order chi connectivity index (χ0) is 11.5. The molecule has 2 rings (SSSR count). The highest BCUT2D eigenvalue weighted by atomic mass is 16.5. The predicted molar refractivity (Wildman–Crippen MR) is 57.2 cm³/mol. The highest BCUT2D eigenvalue weighted by molar-refractivity contribution is 5.74. The first kappa shape index (κ1) is 11.0. The monoisotopic (exact) mass is 222 g/mol. The summed E-state index contributed by atoms with van der Waals surface area (Å²) in [4.78, 5) is 11.2. The SMILES string of the molecule is COC(=O)C(O)C1COc2ccccc2C1. The number of hydrogen-bond donors (Lipinski definition) is 1. The van der Waals surface area contributed by atoms with Crippen LogP contribution in [0, 0.1) is 5.92 Å². The fourth-order valence-corrected chi connectivity index (χ4v) is 1.87. The van der Waals surface area contributed by atoms with E-state index in [0.29, 0.717) is 13.0 Å². The van der Waals surface area contributed by atoms with Gasteiger partial charge in [0, 0.05) is 5.92 Å². The Morgan fingerprint density at radius 3 is 3.06 bits per heavy atom. The van der Waals surface area contributed by atoms with E-state index < -0.39 is 12.1 Å². The van der Waals surface area contributed by atoms with Crippen molar-refractivity contribution >= 4 is 5.97 Å². The average Bonchev–Trinajstić information content (AvgIpc) is 2.36. The number of benzene rings is 1. The predicted octanol–water partition coefficient (Wildman–Crippen LogP) is 0.772. The van der Waals surface area contributed by atoms with Crippen molar-refractivity contribution in [1.82, 2.24) is 0 Å². The third-order valence-corrected chi connectivity index (χ3v) is 2.80. The standard InChI is InChI=1S/C12H14O4/c1-15-12(14)11(13)9-6-8-4-2-3-5-10(8)16-7-9/h2-5,9,11,13H,6-7H2,1H3. The highest BCUT2D eigenvalue weighted by Crippen LogP contribution is 2.28. The smallest absolute Gasteiger partial charge is 0.335 e. The number of rotatable bonds is 2. The molecule has 0 aliphatic carbocycles. The molecule has 1 N–H and O–H groups in total. The highest BCUT2D eigenvalue weighted by Gasteiger charge is 2.31. The molecule has 1 aliphatic heterocycles. The Balaban J connectivity index is 2.10. The van der Waals surface area contributed by atoms with Gasteiger partial charge in [-0.15, -0.1) is 0 Å². The van der Waals surface area contributed by atoms with E-state index in [1.54, 1.807) is 0 Å². The van der Waals surface area contributed by atoms with Gasteiger partial charge in [0.2, 0.25) is 0 Å². The molecule has 0 spiro atoms. The number of aliphatic hydroxyl groups is 1. The lowest BCUT2D eigenvalue weighted by atomic mass is 9.92. The number of ether oxygens (including phenoxy) is 2. The molecule has 1 heterocycles. The van der Waals surface area contributed by atoms with Crippen molar-refractivity contribution in [2.24, 2.45) is 5.92 Å². The van der Waals surface area contributed by atoms with Gasteiger partial charge in [-0.05, 0) is 18.1 Å². The van der Waals surface area contributed by atoms with Crippen LogP contribution in [0.25, 0.3) is 0 Å². The van der Waals surface area contributed by atoms with Crippen molar-refractivity contribution in [1.29, 1.82) is 0 Å². The number of para-hydroxylation sites is 1. The van der Waals surface area contributed by atoms with Gasteiger partial charge in [-0.3, -0.25) is 0 Å². The lowest BCUT2D eigenvalue weighted by Gasteiger charge is -2.27. The van der Waals surface area contributed by atoms with Crippen LogP contribution in [0.4, 0.5) is 0 Å². The Morgan fingerprint density at radius 2 is 2.31 bits per heavy atom. The Hall–Kier alpha value is -1.55. The van der Waals surface area contributed by atoms with E-state index in [0.717, 1.165) is 11.3 Å². The second-order valence-corrected chi connectivity index (χ2v) is 3.85. The van der Waals surface area contributed by atoms with Gasteiger partial charge in [-0.25, -0.2) is 4.79 Å². The molecule has 4 heteroatoms. The second-order valence-electron chi connectivity index (χ2n) is 3.85. The van der Waals surface area contributed by atoms with E-state index >= 15 is 0 Å². The summed E-state index contributed by atoms with van der Waals surface area (Å²) in [6, 6.07) is 7.63. The van der Waals surface area contributed by atoms with Crippen LogP contribution in [-0.2, 0) is 16.0 Å². The summed E-state index contributed by atoms with van der Waals surface area (Å²) >= 11 is 0. The zero-order valence-corrected chi connectivity index (χ0v) is 9.05. The van der Waals surface area contributed by atoms with E-state index in [2.05, 4.69) is 4.74 Å². The van der Waals surface area contributed by atoms with Crippen LogP contribution in [0.3, 0.4) is 0 Å². The number of hydrogen-bond acceptors (Lipinski definition) is 4. The molecule has 2 unspecified atom stereocenters. The molecule has 86 valence electrons. The molecule has 0 bridgehead atoms. The third kappa shape index (κ3) is 2.02. The van der Waals surface area contributed by atoms with Crippen molar-refractivity contribution in [2.75, 3.05) is 13.7 Å². The molecule has 0 amide bonds. The molecule has 16 heavy (non-hydrogen) atoms. The molecular formula is C12H14O4. The lowest BCUT2D eigenvalue weighted by molar-refractivity contribution is -0.154. The number of esters is 1. The Labute approximate surface area is 93.8 Å². The first-order valence-electron chi connectivity index (χ1n) is 5.19. The van der Waals surface area contributed by atoms with Crippen molar-refractivity contribution in [2.45, 2.75) is 12.5 Å². The van der Waals surface area contributed by atoms with Gasteiger partial charge < -0.3 is 14.6 Å². The average molecular weight is 222 g/mol. The van der Waals surface area contributed by atoms with Crippen LogP contribution in [0.1, 0.15) is 5.56 Å². The summed E-state index contributed by atoms with van der Waals surface area (Å²) in [7, 11) is 1.27. The van der Waals surface area contributed by atoms with Gasteiger partial charge in [0.25, 0.3) is 0 Å². The van der Waals surface area contributed by atoms with Crippen LogP contribution >= 0.6 is 0 Å². The van der Waals surface area contributed by atoms with Gasteiger partial charge in [0.1, 0.15) is 5.75 Å². The van der Waals surface area contributed by atoms with E-state index in [1.807, 2.05) is 24.3 Å². The molecule has 0 saturated carbocycles. The van der Waals surface area contributed by atoms with Crippen molar-refractivity contribution in [3.8, 4) is 5.75 Å². The quantitative estimate of drug-likeness (QED) is 0.751. The summed E-state index contributed by atoms with van der Waals surface area (Å²) in [6.07, 6.45) is -0.481. The minimum atomic E-state index is -1.11. The maximum Gasteiger partial charge on any atom is 0.335 e. The van der Waals surface area contributed by atoms with E-state index in [4.69, 9.17) is 4.74 Å². The van der Waals surface area contributed by atoms with Crippen molar-refractivity contribution < 1.29 is 19.4 Å². The molecule has 0 fully saturated rings. The summed E-state index contributed by atoms with van der Waals surface area (Å²) in [5.74, 6) is -0.00820. The molecule has 4 nitrogen and oxygen atoms in total. The maximum absolute atomic E-state index is 11.2. The molecule has 0 aromatic heterocycles. The number of fused-ring (bicyclic) bond motifs is 1. The number of aliphatic hydroxyl groups excluding tert-OH is 1. The van der Waals surface area contributed by atoms with E-state index in [1.165, 1.54) is 7.11 Å². The molecule has 1 aromatic rings. The maximum atomic E-state index is 11.2.